The van der Waals surface area contributed by atoms with Crippen molar-refractivity contribution in [3.63, 3.8) is 0 Å². The molecule has 0 bridgehead atoms. The minimum Gasteiger partial charge on any atom is -0.394 e. The summed E-state index contributed by atoms with van der Waals surface area (Å²) in [6.07, 6.45) is 2.39. The number of aliphatic hydroxyl groups is 1. The summed E-state index contributed by atoms with van der Waals surface area (Å²) in [6.45, 7) is 9.91. The first-order chi connectivity index (χ1) is 8.09. The van der Waals surface area contributed by atoms with E-state index < -0.39 is 0 Å². The zero-order chi connectivity index (χ0) is 12.5. The van der Waals surface area contributed by atoms with Crippen LogP contribution in [0.1, 0.15) is 26.7 Å². The van der Waals surface area contributed by atoms with Gasteiger partial charge in [0.2, 0.25) is 0 Å². The number of hydrogen-bond donors (Lipinski definition) is 2. The fourth-order valence-corrected chi connectivity index (χ4v) is 3.07. The summed E-state index contributed by atoms with van der Waals surface area (Å²) in [5, 5.41) is 9.53. The Balaban J connectivity index is 1.87. The highest BCUT2D eigenvalue weighted by molar-refractivity contribution is 5.01. The van der Waals surface area contributed by atoms with Gasteiger partial charge in [0, 0.05) is 32.2 Å². The third kappa shape index (κ3) is 2.99. The van der Waals surface area contributed by atoms with Gasteiger partial charge in [-0.2, -0.15) is 0 Å². The van der Waals surface area contributed by atoms with Crippen LogP contribution in [0.5, 0.6) is 0 Å². The lowest BCUT2D eigenvalue weighted by molar-refractivity contribution is 0.0526. The molecule has 2 fully saturated rings. The molecule has 2 unspecified atom stereocenters. The van der Waals surface area contributed by atoms with Gasteiger partial charge in [0.05, 0.1) is 12.1 Å². The van der Waals surface area contributed by atoms with Gasteiger partial charge in [0.1, 0.15) is 0 Å². The lowest BCUT2D eigenvalue weighted by atomic mass is 9.94. The summed E-state index contributed by atoms with van der Waals surface area (Å²) in [7, 11) is 0. The zero-order valence-corrected chi connectivity index (χ0v) is 11.2. The number of rotatable bonds is 5. The molecule has 2 atom stereocenters. The third-order valence-electron chi connectivity index (χ3n) is 4.46. The largest absolute Gasteiger partial charge is 0.394 e. The minimum atomic E-state index is -0.353. The van der Waals surface area contributed by atoms with E-state index in [0.717, 1.165) is 32.7 Å². The number of aliphatic hydroxyl groups excluding tert-OH is 1. The van der Waals surface area contributed by atoms with E-state index in [2.05, 4.69) is 23.6 Å². The van der Waals surface area contributed by atoms with E-state index in [1.165, 1.54) is 12.8 Å². The van der Waals surface area contributed by atoms with Crippen LogP contribution in [0.15, 0.2) is 0 Å². The molecule has 1 aliphatic heterocycles. The molecule has 0 amide bonds. The summed E-state index contributed by atoms with van der Waals surface area (Å²) in [5.41, 5.74) is 5.99. The molecule has 3 N–H and O–H groups in total. The highest BCUT2D eigenvalue weighted by Crippen LogP contribution is 2.38. The zero-order valence-electron chi connectivity index (χ0n) is 11.2. The van der Waals surface area contributed by atoms with E-state index in [1.807, 2.05) is 0 Å². The molecule has 0 aromatic carbocycles. The van der Waals surface area contributed by atoms with E-state index in [9.17, 15) is 5.11 Å². The molecular formula is C13H27N3O. The Morgan fingerprint density at radius 3 is 2.53 bits per heavy atom. The monoisotopic (exact) mass is 241 g/mol. The molecule has 1 aliphatic carbocycles. The van der Waals surface area contributed by atoms with Crippen molar-refractivity contribution in [3.05, 3.63) is 0 Å². The van der Waals surface area contributed by atoms with Crippen LogP contribution in [0, 0.1) is 5.92 Å². The predicted molar refractivity (Wildman–Crippen MR) is 69.9 cm³/mol. The van der Waals surface area contributed by atoms with Crippen LogP contribution < -0.4 is 5.73 Å². The molecule has 17 heavy (non-hydrogen) atoms. The van der Waals surface area contributed by atoms with Crippen LogP contribution in [0.3, 0.4) is 0 Å². The molecule has 4 heteroatoms. The van der Waals surface area contributed by atoms with Crippen molar-refractivity contribution < 1.29 is 5.11 Å². The molecule has 0 radical (unpaired) electrons. The van der Waals surface area contributed by atoms with Gasteiger partial charge in [-0.3, -0.25) is 9.80 Å². The smallest absolute Gasteiger partial charge is 0.0626 e. The second kappa shape index (κ2) is 5.22. The molecule has 1 heterocycles. The topological polar surface area (TPSA) is 52.7 Å². The molecule has 0 aromatic rings. The maximum Gasteiger partial charge on any atom is 0.0626 e. The van der Waals surface area contributed by atoms with Crippen LogP contribution in [-0.4, -0.2) is 65.8 Å². The van der Waals surface area contributed by atoms with E-state index in [0.29, 0.717) is 12.0 Å². The fourth-order valence-electron chi connectivity index (χ4n) is 3.07. The normalized spacial score (nSPS) is 31.4. The van der Waals surface area contributed by atoms with E-state index in [-0.39, 0.29) is 12.1 Å². The van der Waals surface area contributed by atoms with Gasteiger partial charge in [-0.05, 0) is 32.2 Å². The van der Waals surface area contributed by atoms with Gasteiger partial charge in [-0.1, -0.05) is 6.92 Å². The van der Waals surface area contributed by atoms with Gasteiger partial charge >= 0.3 is 0 Å². The summed E-state index contributed by atoms with van der Waals surface area (Å²) >= 11 is 0. The Hall–Kier alpha value is -0.160. The molecule has 4 nitrogen and oxygen atoms in total. The SMILES string of the molecule is CCN1CCN(CC(N)(CO)C2CC2)CC1C. The Morgan fingerprint density at radius 1 is 1.35 bits per heavy atom. The third-order valence-corrected chi connectivity index (χ3v) is 4.46. The van der Waals surface area contributed by atoms with Crippen molar-refractivity contribution in [1.82, 2.24) is 9.80 Å². The highest BCUT2D eigenvalue weighted by Gasteiger charge is 2.43. The quantitative estimate of drug-likeness (QED) is 0.717. The van der Waals surface area contributed by atoms with Gasteiger partial charge in [0.15, 0.2) is 0 Å². The molecule has 1 saturated heterocycles. The van der Waals surface area contributed by atoms with Crippen LogP contribution in [-0.2, 0) is 0 Å². The summed E-state index contributed by atoms with van der Waals surface area (Å²) < 4.78 is 0. The van der Waals surface area contributed by atoms with E-state index in [1.54, 1.807) is 0 Å². The van der Waals surface area contributed by atoms with Crippen molar-refractivity contribution in [2.45, 2.75) is 38.3 Å². The maximum atomic E-state index is 9.53. The number of nitrogens with two attached hydrogens (primary N) is 1. The van der Waals surface area contributed by atoms with E-state index in [4.69, 9.17) is 5.73 Å². The Morgan fingerprint density at radius 2 is 2.06 bits per heavy atom. The van der Waals surface area contributed by atoms with Gasteiger partial charge in [-0.15, -0.1) is 0 Å². The predicted octanol–water partition coefficient (Wildman–Crippen LogP) is 0.112. The molecule has 100 valence electrons. The molecule has 0 spiro atoms. The lowest BCUT2D eigenvalue weighted by Gasteiger charge is -2.42. The highest BCUT2D eigenvalue weighted by atomic mass is 16.3. The number of likely N-dealkylation sites (N-methyl/N-ethyl adjacent to an activating group) is 1. The Kier molecular flexibility index (Phi) is 4.08. The molecular weight excluding hydrogens is 214 g/mol. The summed E-state index contributed by atoms with van der Waals surface area (Å²) in [6, 6.07) is 0.607. The summed E-state index contributed by atoms with van der Waals surface area (Å²) in [4.78, 5) is 4.94. The van der Waals surface area contributed by atoms with Crippen molar-refractivity contribution in [1.29, 1.82) is 0 Å². The number of nitrogens with zero attached hydrogens (tertiary/aromatic N) is 2. The average Bonchev–Trinajstić information content (AvgIpc) is 3.13. The first-order valence-corrected chi connectivity index (χ1v) is 6.95. The standard InChI is InChI=1S/C13H27N3O/c1-3-16-7-6-15(8-11(16)2)9-13(14,10-17)12-4-5-12/h11-12,17H,3-10,14H2,1-2H3. The fraction of sp³-hybridized carbons (Fsp3) is 1.00. The number of piperazine rings is 1. The number of hydrogen-bond acceptors (Lipinski definition) is 4. The Bertz CT molecular complexity index is 257. The molecule has 2 rings (SSSR count). The van der Waals surface area contributed by atoms with Crippen molar-refractivity contribution in [2.24, 2.45) is 11.7 Å². The minimum absolute atomic E-state index is 0.125. The van der Waals surface area contributed by atoms with Crippen molar-refractivity contribution in [3.8, 4) is 0 Å². The first kappa shape index (κ1) is 13.3. The molecule has 0 aromatic heterocycles. The second-order valence-electron chi connectivity index (χ2n) is 5.88. The van der Waals surface area contributed by atoms with Crippen LogP contribution in [0.2, 0.25) is 0 Å². The van der Waals surface area contributed by atoms with Gasteiger partial charge in [0.25, 0.3) is 0 Å². The Labute approximate surface area is 105 Å². The lowest BCUT2D eigenvalue weighted by Crippen LogP contribution is -2.60. The second-order valence-corrected chi connectivity index (χ2v) is 5.88. The van der Waals surface area contributed by atoms with Crippen molar-refractivity contribution >= 4 is 0 Å². The first-order valence-electron chi connectivity index (χ1n) is 6.95. The molecule has 1 saturated carbocycles. The van der Waals surface area contributed by atoms with Gasteiger partial charge in [-0.25, -0.2) is 0 Å². The average molecular weight is 241 g/mol. The maximum absolute atomic E-state index is 9.53. The van der Waals surface area contributed by atoms with Crippen LogP contribution in [0.25, 0.3) is 0 Å². The van der Waals surface area contributed by atoms with E-state index >= 15 is 0 Å². The molecule has 2 aliphatic rings. The summed E-state index contributed by atoms with van der Waals surface area (Å²) in [5.74, 6) is 0.548. The van der Waals surface area contributed by atoms with Gasteiger partial charge < -0.3 is 10.8 Å². The van der Waals surface area contributed by atoms with Crippen LogP contribution >= 0.6 is 0 Å². The van der Waals surface area contributed by atoms with Crippen molar-refractivity contribution in [2.75, 3.05) is 39.3 Å². The van der Waals surface area contributed by atoms with Crippen LogP contribution in [0.4, 0.5) is 0 Å².